The fourth-order valence-corrected chi connectivity index (χ4v) is 3.81. The second-order valence-corrected chi connectivity index (χ2v) is 10.7. The third kappa shape index (κ3) is 10.0. The van der Waals surface area contributed by atoms with E-state index in [1.807, 2.05) is 44.4 Å². The molecule has 0 bridgehead atoms. The van der Waals surface area contributed by atoms with Gasteiger partial charge in [-0.1, -0.05) is 11.3 Å². The molecule has 0 spiro atoms. The zero-order valence-corrected chi connectivity index (χ0v) is 21.5. The molecule has 0 radical (unpaired) electrons. The number of carbonyl (C=O) groups excluding carboxylic acids is 1. The number of aryl methyl sites for hydroxylation is 2. The molecule has 1 aliphatic heterocycles. The van der Waals surface area contributed by atoms with Crippen molar-refractivity contribution < 1.29 is 48.8 Å². The van der Waals surface area contributed by atoms with Crippen LogP contribution in [0.1, 0.15) is 55.1 Å². The quantitative estimate of drug-likeness (QED) is 0.332. The van der Waals surface area contributed by atoms with Gasteiger partial charge in [-0.15, -0.1) is 5.10 Å². The topological polar surface area (TPSA) is 76.9 Å². The van der Waals surface area contributed by atoms with Crippen LogP contribution < -0.4 is 10.1 Å². The number of amides is 1. The average Bonchev–Trinajstić information content (AvgIpc) is 3.44. The van der Waals surface area contributed by atoms with Crippen LogP contribution >= 0.6 is 7.81 Å². The van der Waals surface area contributed by atoms with Gasteiger partial charge in [0.15, 0.2) is 0 Å². The SMILES string of the molecule is C[NH2+]C(C)c1cn(CCC(F)(F)C(=O)N2CCCC2c2cc(OC)ccc2C)nn1.F[P-](F)(F)(F)(F)F. The fourth-order valence-electron chi connectivity index (χ4n) is 3.81. The number of carbonyl (C=O) groups is 1. The summed E-state index contributed by atoms with van der Waals surface area (Å²) in [5, 5.41) is 9.89. The molecule has 0 saturated carbocycles. The van der Waals surface area contributed by atoms with Crippen LogP contribution in [-0.2, 0) is 11.3 Å². The molecule has 2 atom stereocenters. The molecule has 16 heteroatoms. The van der Waals surface area contributed by atoms with Crippen LogP contribution in [0.25, 0.3) is 0 Å². The van der Waals surface area contributed by atoms with Gasteiger partial charge in [-0.05, 0) is 49.9 Å². The van der Waals surface area contributed by atoms with Gasteiger partial charge in [-0.3, -0.25) is 9.48 Å². The number of quaternary nitrogens is 1. The first-order valence-electron chi connectivity index (χ1n) is 11.3. The number of benzene rings is 1. The summed E-state index contributed by atoms with van der Waals surface area (Å²) in [4.78, 5) is 14.1. The zero-order chi connectivity index (χ0) is 28.3. The molecule has 3 rings (SSSR count). The van der Waals surface area contributed by atoms with Crippen molar-refractivity contribution in [2.75, 3.05) is 20.7 Å². The molecular weight excluding hydrogens is 537 g/mol. The Morgan fingerprint density at radius 1 is 1.24 bits per heavy atom. The molecule has 1 aromatic carbocycles. The molecular formula is C21H30F8N5O2P. The van der Waals surface area contributed by atoms with Crippen LogP contribution in [0.2, 0.25) is 0 Å². The Morgan fingerprint density at radius 2 is 1.86 bits per heavy atom. The van der Waals surface area contributed by atoms with E-state index in [4.69, 9.17) is 4.74 Å². The Kier molecular flexibility index (Phi) is 8.55. The number of hydrogen-bond donors (Lipinski definition) is 1. The predicted molar refractivity (Wildman–Crippen MR) is 121 cm³/mol. The van der Waals surface area contributed by atoms with Gasteiger partial charge in [0.25, 0.3) is 5.91 Å². The number of nitrogens with zero attached hydrogens (tertiary/aromatic N) is 4. The summed E-state index contributed by atoms with van der Waals surface area (Å²) in [5.74, 6) is -3.94. The molecule has 2 aromatic rings. The van der Waals surface area contributed by atoms with Crippen molar-refractivity contribution in [3.8, 4) is 5.75 Å². The summed E-state index contributed by atoms with van der Waals surface area (Å²) in [6.45, 7) is 4.14. The first kappa shape index (κ1) is 30.7. The van der Waals surface area contributed by atoms with E-state index >= 15 is 0 Å². The van der Waals surface area contributed by atoms with Gasteiger partial charge < -0.3 is 15.0 Å². The van der Waals surface area contributed by atoms with E-state index in [0.29, 0.717) is 25.1 Å². The van der Waals surface area contributed by atoms with Crippen LogP contribution in [0.15, 0.2) is 24.4 Å². The molecule has 2 N–H and O–H groups in total. The van der Waals surface area contributed by atoms with Gasteiger partial charge in [0.1, 0.15) is 17.5 Å². The number of ether oxygens (including phenoxy) is 1. The summed E-state index contributed by atoms with van der Waals surface area (Å²) in [6.07, 6.45) is 2.40. The number of halogens is 8. The molecule has 2 heterocycles. The zero-order valence-electron chi connectivity index (χ0n) is 20.7. The summed E-state index contributed by atoms with van der Waals surface area (Å²) in [7, 11) is -7.18. The molecule has 1 fully saturated rings. The predicted octanol–water partition coefficient (Wildman–Crippen LogP) is 5.62. The monoisotopic (exact) mass is 567 g/mol. The Bertz CT molecular complexity index is 1080. The number of hydrogen-bond acceptors (Lipinski definition) is 4. The Hall–Kier alpha value is -2.54. The van der Waals surface area contributed by atoms with Crippen molar-refractivity contribution in [1.82, 2.24) is 19.9 Å². The second kappa shape index (κ2) is 10.3. The fraction of sp³-hybridized carbons (Fsp3) is 0.571. The van der Waals surface area contributed by atoms with Crippen molar-refractivity contribution in [3.63, 3.8) is 0 Å². The molecule has 7 nitrogen and oxygen atoms in total. The van der Waals surface area contributed by atoms with E-state index in [9.17, 15) is 38.8 Å². The van der Waals surface area contributed by atoms with Gasteiger partial charge in [-0.2, -0.15) is 8.78 Å². The number of rotatable bonds is 8. The van der Waals surface area contributed by atoms with Gasteiger partial charge in [0.2, 0.25) is 0 Å². The summed E-state index contributed by atoms with van der Waals surface area (Å²) < 4.78 is 95.5. The number of methoxy groups -OCH3 is 1. The molecule has 212 valence electrons. The van der Waals surface area contributed by atoms with Gasteiger partial charge in [0, 0.05) is 19.5 Å². The molecule has 0 aliphatic carbocycles. The van der Waals surface area contributed by atoms with Gasteiger partial charge >= 0.3 is 38.9 Å². The normalized spacial score (nSPS) is 18.9. The third-order valence-corrected chi connectivity index (χ3v) is 5.85. The molecule has 2 unspecified atom stereocenters. The van der Waals surface area contributed by atoms with Crippen LogP contribution in [0.4, 0.5) is 34.0 Å². The summed E-state index contributed by atoms with van der Waals surface area (Å²) in [5.41, 5.74) is 2.54. The summed E-state index contributed by atoms with van der Waals surface area (Å²) >= 11 is 0. The molecule has 37 heavy (non-hydrogen) atoms. The first-order valence-corrected chi connectivity index (χ1v) is 13.3. The first-order chi connectivity index (χ1) is 16.7. The van der Waals surface area contributed by atoms with Gasteiger partial charge in [0.05, 0.1) is 26.4 Å². The number of likely N-dealkylation sites (tertiary alicyclic amines) is 1. The van der Waals surface area contributed by atoms with Gasteiger partial charge in [-0.25, -0.2) is 0 Å². The van der Waals surface area contributed by atoms with Crippen molar-refractivity contribution in [2.45, 2.75) is 57.7 Å². The molecule has 1 saturated heterocycles. The number of aromatic nitrogens is 3. The Labute approximate surface area is 208 Å². The van der Waals surface area contributed by atoms with Crippen LogP contribution in [0, 0.1) is 6.92 Å². The van der Waals surface area contributed by atoms with Crippen LogP contribution in [0.3, 0.4) is 0 Å². The minimum absolute atomic E-state index is 0.0706. The van der Waals surface area contributed by atoms with Crippen molar-refractivity contribution in [1.29, 1.82) is 0 Å². The van der Waals surface area contributed by atoms with Crippen LogP contribution in [-0.4, -0.2) is 52.4 Å². The maximum absolute atomic E-state index is 14.8. The van der Waals surface area contributed by atoms with Crippen molar-refractivity contribution in [2.24, 2.45) is 0 Å². The number of nitrogens with two attached hydrogens (primary N) is 1. The van der Waals surface area contributed by atoms with E-state index in [1.165, 1.54) is 9.58 Å². The number of alkyl halides is 2. The Morgan fingerprint density at radius 3 is 2.43 bits per heavy atom. The van der Waals surface area contributed by atoms with Crippen molar-refractivity contribution >= 4 is 13.7 Å². The minimum atomic E-state index is -10.7. The standard InChI is InChI=1S/C21H29F2N5O2.F6P/c1-14-7-8-16(30-4)12-17(14)19-6-5-10-28(19)20(29)21(22,23)9-11-27-13-18(25-26-27)15(2)24-3;1-7(2,3,4,5)6/h7-8,12-13,15,19,24H,5-6,9-11H2,1-4H3;/q;-1/p+1. The summed E-state index contributed by atoms with van der Waals surface area (Å²) in [6, 6.07) is 5.30. The molecule has 1 amide bonds. The molecule has 1 aliphatic rings. The van der Waals surface area contributed by atoms with E-state index in [1.54, 1.807) is 13.3 Å². The Balaban J connectivity index is 0.000000604. The third-order valence-electron chi connectivity index (χ3n) is 5.85. The van der Waals surface area contributed by atoms with E-state index in [2.05, 4.69) is 10.3 Å². The van der Waals surface area contributed by atoms with Crippen LogP contribution in [0.5, 0.6) is 5.75 Å². The second-order valence-electron chi connectivity index (χ2n) is 8.82. The van der Waals surface area contributed by atoms with E-state index in [0.717, 1.165) is 16.8 Å². The van der Waals surface area contributed by atoms with E-state index < -0.39 is 26.1 Å². The van der Waals surface area contributed by atoms with E-state index in [-0.39, 0.29) is 18.6 Å². The van der Waals surface area contributed by atoms with Crippen molar-refractivity contribution in [3.05, 3.63) is 41.2 Å². The average molecular weight is 567 g/mol. The maximum atomic E-state index is 14.8. The molecule has 1 aromatic heterocycles.